The maximum absolute atomic E-state index is 12.8. The summed E-state index contributed by atoms with van der Waals surface area (Å²) in [5.74, 6) is -5.15. The Morgan fingerprint density at radius 2 is 0.900 bits per heavy atom. The molecule has 0 aromatic heterocycles. The van der Waals surface area contributed by atoms with Crippen LogP contribution in [0.2, 0.25) is 0 Å². The van der Waals surface area contributed by atoms with Crippen LogP contribution in [0.5, 0.6) is 0 Å². The molecule has 0 radical (unpaired) electrons. The van der Waals surface area contributed by atoms with E-state index in [0.29, 0.717) is 12.8 Å². The van der Waals surface area contributed by atoms with Gasteiger partial charge in [-0.2, -0.15) is 0 Å². The lowest BCUT2D eigenvalue weighted by atomic mass is 9.81. The molecule has 0 heterocycles. The van der Waals surface area contributed by atoms with Crippen molar-refractivity contribution >= 4 is 0 Å². The van der Waals surface area contributed by atoms with Gasteiger partial charge in [-0.1, -0.05) is 40.5 Å². The molecule has 2 fully saturated rings. The van der Waals surface area contributed by atoms with E-state index in [1.54, 1.807) is 13.8 Å². The summed E-state index contributed by atoms with van der Waals surface area (Å²) in [6.07, 6.45) is 3.50. The molecule has 120 valence electrons. The molecular weight excluding hydrogens is 268 g/mol. The van der Waals surface area contributed by atoms with Crippen molar-refractivity contribution in [2.45, 2.75) is 78.1 Å². The van der Waals surface area contributed by atoms with Crippen molar-refractivity contribution < 1.29 is 17.6 Å². The Morgan fingerprint density at radius 1 is 0.600 bits per heavy atom. The Labute approximate surface area is 120 Å². The molecule has 20 heavy (non-hydrogen) atoms. The summed E-state index contributed by atoms with van der Waals surface area (Å²) >= 11 is 0. The zero-order chi connectivity index (χ0) is 15.6. The van der Waals surface area contributed by atoms with Crippen LogP contribution in [0.25, 0.3) is 0 Å². The van der Waals surface area contributed by atoms with Crippen LogP contribution < -0.4 is 0 Å². The summed E-state index contributed by atoms with van der Waals surface area (Å²) in [6, 6.07) is 0. The van der Waals surface area contributed by atoms with Crippen LogP contribution in [0.1, 0.15) is 66.2 Å². The van der Waals surface area contributed by atoms with Gasteiger partial charge in [0.15, 0.2) is 0 Å². The first-order chi connectivity index (χ1) is 9.04. The third-order valence-electron chi connectivity index (χ3n) is 4.87. The van der Waals surface area contributed by atoms with E-state index in [2.05, 4.69) is 0 Å². The van der Waals surface area contributed by atoms with Crippen LogP contribution >= 0.6 is 0 Å². The number of hydrogen-bond acceptors (Lipinski definition) is 0. The van der Waals surface area contributed by atoms with Crippen molar-refractivity contribution in [1.82, 2.24) is 0 Å². The average Bonchev–Trinajstić information content (AvgIpc) is 2.29. The highest BCUT2D eigenvalue weighted by molar-refractivity contribution is 4.82. The molecule has 0 saturated heterocycles. The third kappa shape index (κ3) is 4.92. The molecule has 2 aliphatic carbocycles. The van der Waals surface area contributed by atoms with Gasteiger partial charge in [-0.3, -0.25) is 0 Å². The predicted octanol–water partition coefficient (Wildman–Crippen LogP) is 6.16. The van der Waals surface area contributed by atoms with Gasteiger partial charge < -0.3 is 0 Å². The van der Waals surface area contributed by atoms with Crippen molar-refractivity contribution in [2.24, 2.45) is 23.7 Å². The molecule has 0 amide bonds. The molecule has 4 unspecified atom stereocenters. The van der Waals surface area contributed by atoms with E-state index in [4.69, 9.17) is 0 Å². The van der Waals surface area contributed by atoms with Crippen molar-refractivity contribution in [2.75, 3.05) is 0 Å². The van der Waals surface area contributed by atoms with E-state index in [-0.39, 0.29) is 24.7 Å². The molecule has 0 aliphatic heterocycles. The summed E-state index contributed by atoms with van der Waals surface area (Å²) in [5.41, 5.74) is 0. The summed E-state index contributed by atoms with van der Waals surface area (Å²) in [5, 5.41) is 0. The summed E-state index contributed by atoms with van der Waals surface area (Å²) < 4.78 is 51.4. The van der Waals surface area contributed by atoms with Gasteiger partial charge in [0.05, 0.1) is 0 Å². The molecule has 0 spiro atoms. The fourth-order valence-corrected chi connectivity index (χ4v) is 3.03. The highest BCUT2D eigenvalue weighted by Crippen LogP contribution is 2.41. The summed E-state index contributed by atoms with van der Waals surface area (Å²) in [4.78, 5) is 0. The van der Waals surface area contributed by atoms with Gasteiger partial charge in [0.1, 0.15) is 0 Å². The molecule has 2 rings (SSSR count). The Bertz CT molecular complexity index is 271. The van der Waals surface area contributed by atoms with Gasteiger partial charge >= 0.3 is 0 Å². The van der Waals surface area contributed by atoms with E-state index in [1.807, 2.05) is 13.8 Å². The van der Waals surface area contributed by atoms with Gasteiger partial charge in [0.2, 0.25) is 0 Å². The zero-order valence-electron chi connectivity index (χ0n) is 13.1. The fourth-order valence-electron chi connectivity index (χ4n) is 3.03. The molecule has 2 aliphatic rings. The molecule has 0 bridgehead atoms. The maximum Gasteiger partial charge on any atom is 0.250 e. The minimum Gasteiger partial charge on any atom is -0.207 e. The highest BCUT2D eigenvalue weighted by Gasteiger charge is 2.41. The number of alkyl halides is 4. The zero-order valence-corrected chi connectivity index (χ0v) is 13.1. The molecule has 0 aromatic rings. The van der Waals surface area contributed by atoms with Crippen LogP contribution in [-0.4, -0.2) is 11.8 Å². The second-order valence-electron chi connectivity index (χ2n) is 7.10. The molecule has 0 aromatic carbocycles. The average molecular weight is 296 g/mol. The van der Waals surface area contributed by atoms with Crippen LogP contribution in [0.4, 0.5) is 17.6 Å². The topological polar surface area (TPSA) is 0 Å². The lowest BCUT2D eigenvalue weighted by Crippen LogP contribution is -2.32. The minimum atomic E-state index is -2.39. The smallest absolute Gasteiger partial charge is 0.207 e. The van der Waals surface area contributed by atoms with Gasteiger partial charge in [-0.05, 0) is 24.7 Å². The van der Waals surface area contributed by atoms with E-state index in [0.717, 1.165) is 12.8 Å². The van der Waals surface area contributed by atoms with Crippen LogP contribution in [0.3, 0.4) is 0 Å². The van der Waals surface area contributed by atoms with E-state index in [1.165, 1.54) is 0 Å². The number of hydrogen-bond donors (Lipinski definition) is 0. The Balaban J connectivity index is 0.000000200. The van der Waals surface area contributed by atoms with Crippen LogP contribution in [0.15, 0.2) is 0 Å². The van der Waals surface area contributed by atoms with E-state index < -0.39 is 23.7 Å². The number of halogens is 4. The first-order valence-electron chi connectivity index (χ1n) is 7.80. The van der Waals surface area contributed by atoms with Crippen LogP contribution in [-0.2, 0) is 0 Å². The molecular formula is C16H28F4. The van der Waals surface area contributed by atoms with Crippen LogP contribution in [0, 0.1) is 23.7 Å². The quantitative estimate of drug-likeness (QED) is 0.470. The standard InChI is InChI=1S/2C8H14F2/c2*1-6-3-4-7(2)8(9,10)5-6/h2*6-7H,3-5H2,1-2H3. The van der Waals surface area contributed by atoms with E-state index >= 15 is 0 Å². The third-order valence-corrected chi connectivity index (χ3v) is 4.87. The highest BCUT2D eigenvalue weighted by atomic mass is 19.3. The van der Waals surface area contributed by atoms with Crippen molar-refractivity contribution in [3.63, 3.8) is 0 Å². The lowest BCUT2D eigenvalue weighted by Gasteiger charge is -2.32. The van der Waals surface area contributed by atoms with Crippen molar-refractivity contribution in [3.8, 4) is 0 Å². The fraction of sp³-hybridized carbons (Fsp3) is 1.00. The first-order valence-corrected chi connectivity index (χ1v) is 7.80. The Kier molecular flexibility index (Phi) is 5.91. The second kappa shape index (κ2) is 6.65. The first kappa shape index (κ1) is 17.8. The monoisotopic (exact) mass is 296 g/mol. The second-order valence-corrected chi connectivity index (χ2v) is 7.10. The maximum atomic E-state index is 12.8. The van der Waals surface area contributed by atoms with Gasteiger partial charge in [-0.25, -0.2) is 17.6 Å². The molecule has 4 heteroatoms. The minimum absolute atomic E-state index is 0.0914. The molecule has 4 atom stereocenters. The molecule has 0 nitrogen and oxygen atoms in total. The Hall–Kier alpha value is -0.280. The summed E-state index contributed by atoms with van der Waals surface area (Å²) in [7, 11) is 0. The van der Waals surface area contributed by atoms with Gasteiger partial charge in [0.25, 0.3) is 11.8 Å². The molecule has 2 saturated carbocycles. The van der Waals surface area contributed by atoms with Crippen molar-refractivity contribution in [3.05, 3.63) is 0 Å². The molecule has 0 N–H and O–H groups in total. The lowest BCUT2D eigenvalue weighted by molar-refractivity contribution is -0.0931. The normalized spacial score (nSPS) is 39.6. The van der Waals surface area contributed by atoms with Crippen molar-refractivity contribution in [1.29, 1.82) is 0 Å². The number of rotatable bonds is 0. The predicted molar refractivity (Wildman–Crippen MR) is 74.3 cm³/mol. The SMILES string of the molecule is CC1CCC(C)C(F)(F)C1.CC1CCC(C)C(F)(F)C1. The van der Waals surface area contributed by atoms with Gasteiger partial charge in [0, 0.05) is 24.7 Å². The summed E-state index contributed by atoms with van der Waals surface area (Å²) in [6.45, 7) is 7.09. The largest absolute Gasteiger partial charge is 0.250 e. The van der Waals surface area contributed by atoms with Gasteiger partial charge in [-0.15, -0.1) is 0 Å². The van der Waals surface area contributed by atoms with E-state index in [9.17, 15) is 17.6 Å². The Morgan fingerprint density at radius 3 is 1.10 bits per heavy atom.